The smallest absolute Gasteiger partial charge is 0.0994 e. The van der Waals surface area contributed by atoms with E-state index >= 15 is 0 Å². The normalized spacial score (nSPS) is 23.4. The van der Waals surface area contributed by atoms with E-state index in [1.54, 1.807) is 0 Å². The van der Waals surface area contributed by atoms with Crippen molar-refractivity contribution in [3.63, 3.8) is 0 Å². The van der Waals surface area contributed by atoms with Crippen LogP contribution in [0.25, 0.3) is 0 Å². The highest BCUT2D eigenvalue weighted by Crippen LogP contribution is 2.28. The average molecular weight is 242 g/mol. The third-order valence-corrected chi connectivity index (χ3v) is 4.14. The van der Waals surface area contributed by atoms with Crippen molar-refractivity contribution in [2.75, 3.05) is 5.32 Å². The van der Waals surface area contributed by atoms with Gasteiger partial charge in [-0.2, -0.15) is 5.26 Å². The van der Waals surface area contributed by atoms with Crippen molar-refractivity contribution in [1.82, 2.24) is 0 Å². The summed E-state index contributed by atoms with van der Waals surface area (Å²) in [6.45, 7) is 4.29. The molecule has 0 bridgehead atoms. The second kappa shape index (κ2) is 5.91. The number of benzene rings is 1. The van der Waals surface area contributed by atoms with Gasteiger partial charge in [-0.05, 0) is 62.3 Å². The molecule has 0 heterocycles. The van der Waals surface area contributed by atoms with E-state index in [1.807, 2.05) is 19.1 Å². The predicted octanol–water partition coefficient (Wildman–Crippen LogP) is 4.25. The first-order valence-electron chi connectivity index (χ1n) is 7.00. The molecule has 0 saturated heterocycles. The van der Waals surface area contributed by atoms with Gasteiger partial charge in [-0.3, -0.25) is 0 Å². The zero-order chi connectivity index (χ0) is 13.0. The molecule has 1 fully saturated rings. The SMILES string of the molecule is CCC1CCC(Nc2ccc(C#N)c(C)c2)CC1. The maximum Gasteiger partial charge on any atom is 0.0994 e. The number of rotatable bonds is 3. The molecule has 1 saturated carbocycles. The van der Waals surface area contributed by atoms with Gasteiger partial charge in [-0.25, -0.2) is 0 Å². The zero-order valence-corrected chi connectivity index (χ0v) is 11.4. The number of nitrogens with zero attached hydrogens (tertiary/aromatic N) is 1. The molecule has 1 aromatic carbocycles. The summed E-state index contributed by atoms with van der Waals surface area (Å²) in [6.07, 6.45) is 6.57. The Bertz CT molecular complexity index is 437. The number of nitriles is 1. The van der Waals surface area contributed by atoms with Gasteiger partial charge in [0.1, 0.15) is 0 Å². The van der Waals surface area contributed by atoms with E-state index < -0.39 is 0 Å². The van der Waals surface area contributed by atoms with E-state index in [4.69, 9.17) is 5.26 Å². The summed E-state index contributed by atoms with van der Waals surface area (Å²) in [5, 5.41) is 12.5. The summed E-state index contributed by atoms with van der Waals surface area (Å²) in [7, 11) is 0. The number of anilines is 1. The summed E-state index contributed by atoms with van der Waals surface area (Å²) >= 11 is 0. The van der Waals surface area contributed by atoms with Gasteiger partial charge in [0.15, 0.2) is 0 Å². The third kappa shape index (κ3) is 3.04. The standard InChI is InChI=1S/C16H22N2/c1-3-13-4-7-15(8-5-13)18-16-9-6-14(11-17)12(2)10-16/h6,9-10,13,15,18H,3-5,7-8H2,1-2H3. The molecule has 1 N–H and O–H groups in total. The Morgan fingerprint density at radius 2 is 2.00 bits per heavy atom. The highest BCUT2D eigenvalue weighted by molar-refractivity contribution is 5.52. The lowest BCUT2D eigenvalue weighted by atomic mass is 9.84. The van der Waals surface area contributed by atoms with Crippen LogP contribution in [0.5, 0.6) is 0 Å². The van der Waals surface area contributed by atoms with Crippen LogP contribution in [0.15, 0.2) is 18.2 Å². The zero-order valence-electron chi connectivity index (χ0n) is 11.4. The van der Waals surface area contributed by atoms with E-state index in [0.29, 0.717) is 6.04 Å². The van der Waals surface area contributed by atoms with E-state index in [9.17, 15) is 0 Å². The third-order valence-electron chi connectivity index (χ3n) is 4.14. The molecular weight excluding hydrogens is 220 g/mol. The van der Waals surface area contributed by atoms with Crippen molar-refractivity contribution in [1.29, 1.82) is 5.26 Å². The van der Waals surface area contributed by atoms with E-state index in [-0.39, 0.29) is 0 Å². The van der Waals surface area contributed by atoms with Gasteiger partial charge < -0.3 is 5.32 Å². The molecule has 0 atom stereocenters. The number of hydrogen-bond donors (Lipinski definition) is 1. The van der Waals surface area contributed by atoms with Crippen LogP contribution >= 0.6 is 0 Å². The Hall–Kier alpha value is -1.49. The largest absolute Gasteiger partial charge is 0.382 e. The fourth-order valence-electron chi connectivity index (χ4n) is 2.83. The molecule has 0 unspecified atom stereocenters. The molecule has 1 aromatic rings. The monoisotopic (exact) mass is 242 g/mol. The Morgan fingerprint density at radius 1 is 1.28 bits per heavy atom. The van der Waals surface area contributed by atoms with Gasteiger partial charge in [0, 0.05) is 11.7 Å². The molecule has 1 aliphatic carbocycles. The van der Waals surface area contributed by atoms with Crippen LogP contribution in [0, 0.1) is 24.2 Å². The van der Waals surface area contributed by atoms with Crippen molar-refractivity contribution in [3.8, 4) is 6.07 Å². The molecule has 0 spiro atoms. The lowest BCUT2D eigenvalue weighted by molar-refractivity contribution is 0.330. The minimum atomic E-state index is 0.611. The first kappa shape index (κ1) is 13.0. The highest BCUT2D eigenvalue weighted by Gasteiger charge is 2.19. The molecule has 0 aliphatic heterocycles. The van der Waals surface area contributed by atoms with Gasteiger partial charge in [0.2, 0.25) is 0 Å². The Kier molecular flexibility index (Phi) is 4.25. The molecule has 0 aromatic heterocycles. The summed E-state index contributed by atoms with van der Waals surface area (Å²) in [5.41, 5.74) is 2.99. The minimum absolute atomic E-state index is 0.611. The first-order valence-corrected chi connectivity index (χ1v) is 7.00. The van der Waals surface area contributed by atoms with Gasteiger partial charge in [0.05, 0.1) is 11.6 Å². The van der Waals surface area contributed by atoms with Gasteiger partial charge in [-0.15, -0.1) is 0 Å². The van der Waals surface area contributed by atoms with Crippen molar-refractivity contribution in [2.45, 2.75) is 52.0 Å². The molecule has 0 amide bonds. The lowest BCUT2D eigenvalue weighted by Gasteiger charge is -2.29. The summed E-state index contributed by atoms with van der Waals surface area (Å²) < 4.78 is 0. The predicted molar refractivity (Wildman–Crippen MR) is 75.6 cm³/mol. The second-order valence-corrected chi connectivity index (χ2v) is 5.41. The first-order chi connectivity index (χ1) is 8.72. The topological polar surface area (TPSA) is 35.8 Å². The van der Waals surface area contributed by atoms with Crippen LogP contribution in [0.4, 0.5) is 5.69 Å². The van der Waals surface area contributed by atoms with Crippen LogP contribution in [-0.2, 0) is 0 Å². The van der Waals surface area contributed by atoms with Crippen molar-refractivity contribution in [2.24, 2.45) is 5.92 Å². The van der Waals surface area contributed by atoms with Crippen LogP contribution in [0.3, 0.4) is 0 Å². The molecule has 2 heteroatoms. The summed E-state index contributed by atoms with van der Waals surface area (Å²) in [6, 6.07) is 8.85. The lowest BCUT2D eigenvalue weighted by Crippen LogP contribution is -2.25. The number of hydrogen-bond acceptors (Lipinski definition) is 2. The van der Waals surface area contributed by atoms with Crippen LogP contribution < -0.4 is 5.32 Å². The highest BCUT2D eigenvalue weighted by atomic mass is 14.9. The molecule has 2 nitrogen and oxygen atoms in total. The van der Waals surface area contributed by atoms with Crippen molar-refractivity contribution >= 4 is 5.69 Å². The maximum absolute atomic E-state index is 8.92. The molecule has 18 heavy (non-hydrogen) atoms. The minimum Gasteiger partial charge on any atom is -0.382 e. The van der Waals surface area contributed by atoms with Gasteiger partial charge in [0.25, 0.3) is 0 Å². The molecule has 96 valence electrons. The summed E-state index contributed by atoms with van der Waals surface area (Å²) in [5.74, 6) is 0.936. The van der Waals surface area contributed by atoms with Crippen LogP contribution in [0.1, 0.15) is 50.2 Å². The van der Waals surface area contributed by atoms with E-state index in [1.165, 1.54) is 32.1 Å². The molecule has 1 aliphatic rings. The van der Waals surface area contributed by atoms with Gasteiger partial charge in [-0.1, -0.05) is 13.3 Å². The average Bonchev–Trinajstić information content (AvgIpc) is 2.40. The van der Waals surface area contributed by atoms with Crippen molar-refractivity contribution < 1.29 is 0 Å². The maximum atomic E-state index is 8.92. The number of nitrogens with one attached hydrogen (secondary N) is 1. The Balaban J connectivity index is 1.94. The van der Waals surface area contributed by atoms with Crippen LogP contribution in [-0.4, -0.2) is 6.04 Å². The Morgan fingerprint density at radius 3 is 2.56 bits per heavy atom. The Labute approximate surface area is 110 Å². The van der Waals surface area contributed by atoms with Gasteiger partial charge >= 0.3 is 0 Å². The quantitative estimate of drug-likeness (QED) is 0.860. The van der Waals surface area contributed by atoms with E-state index in [2.05, 4.69) is 24.4 Å². The fourth-order valence-corrected chi connectivity index (χ4v) is 2.83. The number of aryl methyl sites for hydroxylation is 1. The van der Waals surface area contributed by atoms with Crippen molar-refractivity contribution in [3.05, 3.63) is 29.3 Å². The second-order valence-electron chi connectivity index (χ2n) is 5.41. The fraction of sp³-hybridized carbons (Fsp3) is 0.562. The van der Waals surface area contributed by atoms with Crippen LogP contribution in [0.2, 0.25) is 0 Å². The summed E-state index contributed by atoms with van der Waals surface area (Å²) in [4.78, 5) is 0. The van der Waals surface area contributed by atoms with E-state index in [0.717, 1.165) is 22.7 Å². The molecule has 0 radical (unpaired) electrons. The molecule has 2 rings (SSSR count). The molecular formula is C16H22N2.